The van der Waals surface area contributed by atoms with Gasteiger partial charge in [0.1, 0.15) is 0 Å². The largest absolute Gasteiger partial charge is 0.361 e. The minimum atomic E-state index is 0.351. The number of rotatable bonds is 3. The van der Waals surface area contributed by atoms with Gasteiger partial charge in [-0.2, -0.15) is 5.26 Å². The van der Waals surface area contributed by atoms with Gasteiger partial charge in [-0.1, -0.05) is 44.7 Å². The SMILES string of the molecule is CC(C)(C)CC1CN=C(NCc2cccc(C#N)c2)S1. The Balaban J connectivity index is 1.82. The molecule has 0 saturated heterocycles. The molecule has 3 nitrogen and oxygen atoms in total. The first-order valence-electron chi connectivity index (χ1n) is 6.90. The fourth-order valence-electron chi connectivity index (χ4n) is 2.23. The summed E-state index contributed by atoms with van der Waals surface area (Å²) in [5, 5.41) is 13.9. The van der Waals surface area contributed by atoms with Crippen LogP contribution in [0.1, 0.15) is 38.3 Å². The summed E-state index contributed by atoms with van der Waals surface area (Å²) in [6, 6.07) is 9.85. The summed E-state index contributed by atoms with van der Waals surface area (Å²) in [4.78, 5) is 4.56. The summed E-state index contributed by atoms with van der Waals surface area (Å²) in [5.41, 5.74) is 2.17. The highest BCUT2D eigenvalue weighted by Crippen LogP contribution is 2.31. The highest BCUT2D eigenvalue weighted by Gasteiger charge is 2.24. The maximum atomic E-state index is 8.89. The Hall–Kier alpha value is -1.47. The quantitative estimate of drug-likeness (QED) is 0.924. The fourth-order valence-corrected chi connectivity index (χ4v) is 3.59. The number of hydrogen-bond donors (Lipinski definition) is 1. The van der Waals surface area contributed by atoms with Crippen molar-refractivity contribution in [2.75, 3.05) is 6.54 Å². The monoisotopic (exact) mass is 287 g/mol. The van der Waals surface area contributed by atoms with Crippen LogP contribution in [-0.4, -0.2) is 17.0 Å². The van der Waals surface area contributed by atoms with Crippen molar-refractivity contribution in [3.63, 3.8) is 0 Å². The van der Waals surface area contributed by atoms with E-state index in [-0.39, 0.29) is 0 Å². The lowest BCUT2D eigenvalue weighted by Gasteiger charge is -2.21. The number of nitriles is 1. The predicted octanol–water partition coefficient (Wildman–Crippen LogP) is 3.56. The van der Waals surface area contributed by atoms with Crippen molar-refractivity contribution in [1.82, 2.24) is 5.32 Å². The summed E-state index contributed by atoms with van der Waals surface area (Å²) in [7, 11) is 0. The standard InChI is InChI=1S/C16H21N3S/c1-16(2,3)8-14-11-19-15(20-14)18-10-13-6-4-5-12(7-13)9-17/h4-7,14H,8,10-11H2,1-3H3,(H,18,19). The van der Waals surface area contributed by atoms with Crippen LogP contribution in [0.15, 0.2) is 29.3 Å². The molecule has 0 bridgehead atoms. The van der Waals surface area contributed by atoms with Crippen LogP contribution in [0.5, 0.6) is 0 Å². The first-order chi connectivity index (χ1) is 9.46. The molecule has 0 amide bonds. The number of thioether (sulfide) groups is 1. The van der Waals surface area contributed by atoms with E-state index in [4.69, 9.17) is 5.26 Å². The van der Waals surface area contributed by atoms with Crippen LogP contribution in [-0.2, 0) is 6.54 Å². The molecule has 1 aromatic carbocycles. The minimum Gasteiger partial charge on any atom is -0.361 e. The van der Waals surface area contributed by atoms with E-state index in [2.05, 4.69) is 37.1 Å². The first-order valence-corrected chi connectivity index (χ1v) is 7.78. The molecule has 106 valence electrons. The van der Waals surface area contributed by atoms with Crippen molar-refractivity contribution in [3.05, 3.63) is 35.4 Å². The Morgan fingerprint density at radius 1 is 1.45 bits per heavy atom. The predicted molar refractivity (Wildman–Crippen MR) is 85.7 cm³/mol. The van der Waals surface area contributed by atoms with Crippen LogP contribution in [0.3, 0.4) is 0 Å². The Bertz CT molecular complexity index is 537. The Labute approximate surface area is 125 Å². The third-order valence-corrected chi connectivity index (χ3v) is 4.20. The van der Waals surface area contributed by atoms with Crippen LogP contribution in [0.2, 0.25) is 0 Å². The molecule has 0 radical (unpaired) electrons. The molecule has 1 aliphatic heterocycles. The van der Waals surface area contributed by atoms with E-state index in [0.717, 1.165) is 23.8 Å². The fraction of sp³-hybridized carbons (Fsp3) is 0.500. The average molecular weight is 287 g/mol. The van der Waals surface area contributed by atoms with Gasteiger partial charge in [0.2, 0.25) is 0 Å². The van der Waals surface area contributed by atoms with E-state index < -0.39 is 0 Å². The topological polar surface area (TPSA) is 48.2 Å². The number of aliphatic imine (C=N–C) groups is 1. The third-order valence-electron chi connectivity index (χ3n) is 3.06. The van der Waals surface area contributed by atoms with Crippen molar-refractivity contribution in [3.8, 4) is 6.07 Å². The second kappa shape index (κ2) is 6.32. The van der Waals surface area contributed by atoms with E-state index in [1.807, 2.05) is 36.0 Å². The van der Waals surface area contributed by atoms with Gasteiger partial charge in [0.25, 0.3) is 0 Å². The number of nitrogens with one attached hydrogen (secondary N) is 1. The molecule has 1 heterocycles. The molecular formula is C16H21N3S. The number of amidine groups is 1. The molecule has 1 aliphatic rings. The maximum Gasteiger partial charge on any atom is 0.157 e. The molecule has 20 heavy (non-hydrogen) atoms. The second-order valence-electron chi connectivity index (χ2n) is 6.32. The smallest absolute Gasteiger partial charge is 0.157 e. The van der Waals surface area contributed by atoms with Crippen molar-refractivity contribution in [2.45, 2.75) is 39.0 Å². The van der Waals surface area contributed by atoms with E-state index in [0.29, 0.717) is 16.2 Å². The van der Waals surface area contributed by atoms with Gasteiger partial charge in [-0.05, 0) is 29.5 Å². The zero-order valence-electron chi connectivity index (χ0n) is 12.3. The molecule has 0 fully saturated rings. The molecule has 1 atom stereocenters. The van der Waals surface area contributed by atoms with E-state index in [1.165, 1.54) is 6.42 Å². The molecule has 0 aliphatic carbocycles. The van der Waals surface area contributed by atoms with Crippen molar-refractivity contribution < 1.29 is 0 Å². The molecule has 0 aromatic heterocycles. The number of hydrogen-bond acceptors (Lipinski definition) is 4. The summed E-state index contributed by atoms with van der Waals surface area (Å²) in [5.74, 6) is 0. The molecule has 0 saturated carbocycles. The van der Waals surface area contributed by atoms with Crippen molar-refractivity contribution in [2.24, 2.45) is 10.4 Å². The zero-order chi connectivity index (χ0) is 14.6. The summed E-state index contributed by atoms with van der Waals surface area (Å²) < 4.78 is 0. The Kier molecular flexibility index (Phi) is 4.72. The summed E-state index contributed by atoms with van der Waals surface area (Å²) in [6.45, 7) is 8.44. The highest BCUT2D eigenvalue weighted by atomic mass is 32.2. The molecule has 4 heteroatoms. The average Bonchev–Trinajstić information content (AvgIpc) is 2.82. The van der Waals surface area contributed by atoms with E-state index >= 15 is 0 Å². The van der Waals surface area contributed by atoms with Gasteiger partial charge in [-0.25, -0.2) is 0 Å². The normalized spacial score (nSPS) is 18.5. The second-order valence-corrected chi connectivity index (χ2v) is 7.61. The van der Waals surface area contributed by atoms with Crippen LogP contribution < -0.4 is 5.32 Å². The molecule has 1 unspecified atom stereocenters. The van der Waals surface area contributed by atoms with Crippen LogP contribution in [0.4, 0.5) is 0 Å². The van der Waals surface area contributed by atoms with Gasteiger partial charge in [0, 0.05) is 11.8 Å². The Morgan fingerprint density at radius 2 is 2.25 bits per heavy atom. The minimum absolute atomic E-state index is 0.351. The van der Waals surface area contributed by atoms with Gasteiger partial charge < -0.3 is 5.32 Å². The lowest BCUT2D eigenvalue weighted by Crippen LogP contribution is -2.20. The molecule has 2 rings (SSSR count). The maximum absolute atomic E-state index is 8.89. The van der Waals surface area contributed by atoms with Gasteiger partial charge in [-0.15, -0.1) is 0 Å². The molecule has 0 spiro atoms. The number of nitrogens with zero attached hydrogens (tertiary/aromatic N) is 2. The third kappa shape index (κ3) is 4.57. The summed E-state index contributed by atoms with van der Waals surface area (Å²) in [6.07, 6.45) is 1.18. The first kappa shape index (κ1) is 14.9. The molecular weight excluding hydrogens is 266 g/mol. The highest BCUT2D eigenvalue weighted by molar-refractivity contribution is 8.14. The molecule has 1 N–H and O–H groups in total. The van der Waals surface area contributed by atoms with Gasteiger partial charge >= 0.3 is 0 Å². The van der Waals surface area contributed by atoms with Gasteiger partial charge in [-0.3, -0.25) is 4.99 Å². The van der Waals surface area contributed by atoms with Gasteiger partial charge in [0.05, 0.1) is 18.2 Å². The van der Waals surface area contributed by atoms with Crippen LogP contribution in [0, 0.1) is 16.7 Å². The van der Waals surface area contributed by atoms with Crippen LogP contribution in [0.25, 0.3) is 0 Å². The van der Waals surface area contributed by atoms with Crippen molar-refractivity contribution >= 4 is 16.9 Å². The van der Waals surface area contributed by atoms with Gasteiger partial charge in [0.15, 0.2) is 5.17 Å². The van der Waals surface area contributed by atoms with E-state index in [9.17, 15) is 0 Å². The lowest BCUT2D eigenvalue weighted by molar-refractivity contribution is 0.375. The number of benzene rings is 1. The Morgan fingerprint density at radius 3 is 2.95 bits per heavy atom. The van der Waals surface area contributed by atoms with Crippen molar-refractivity contribution in [1.29, 1.82) is 5.26 Å². The van der Waals surface area contributed by atoms with E-state index in [1.54, 1.807) is 0 Å². The zero-order valence-corrected chi connectivity index (χ0v) is 13.1. The van der Waals surface area contributed by atoms with Crippen LogP contribution >= 0.6 is 11.8 Å². The summed E-state index contributed by atoms with van der Waals surface area (Å²) >= 11 is 1.84. The lowest BCUT2D eigenvalue weighted by atomic mass is 9.90. The molecule has 1 aromatic rings.